The quantitative estimate of drug-likeness (QED) is 0.876. The van der Waals surface area contributed by atoms with E-state index in [1.807, 2.05) is 38.1 Å². The largest absolute Gasteiger partial charge is 0.493 e. The van der Waals surface area contributed by atoms with Gasteiger partial charge in [-0.3, -0.25) is 0 Å². The van der Waals surface area contributed by atoms with Gasteiger partial charge >= 0.3 is 5.97 Å². The number of carbonyl (C=O) groups is 1. The van der Waals surface area contributed by atoms with Gasteiger partial charge in [-0.15, -0.1) is 0 Å². The Bertz CT molecular complexity index is 634. The van der Waals surface area contributed by atoms with Crippen LogP contribution >= 0.6 is 0 Å². The molecule has 0 atom stereocenters. The van der Waals surface area contributed by atoms with Gasteiger partial charge in [0, 0.05) is 11.1 Å². The summed E-state index contributed by atoms with van der Waals surface area (Å²) >= 11 is 0. The van der Waals surface area contributed by atoms with Gasteiger partial charge in [0.15, 0.2) is 0 Å². The summed E-state index contributed by atoms with van der Waals surface area (Å²) < 4.78 is 11.2. The van der Waals surface area contributed by atoms with Crippen molar-refractivity contribution in [3.8, 4) is 22.6 Å². The third kappa shape index (κ3) is 3.34. The van der Waals surface area contributed by atoms with Crippen molar-refractivity contribution in [2.45, 2.75) is 13.8 Å². The molecule has 21 heavy (non-hydrogen) atoms. The highest BCUT2D eigenvalue weighted by Gasteiger charge is 2.14. The maximum Gasteiger partial charge on any atom is 0.335 e. The molecule has 0 unspecified atom stereocenters. The molecule has 0 spiro atoms. The van der Waals surface area contributed by atoms with E-state index in [1.54, 1.807) is 18.2 Å². The van der Waals surface area contributed by atoms with Crippen molar-refractivity contribution in [1.29, 1.82) is 0 Å². The molecule has 0 aromatic heterocycles. The lowest BCUT2D eigenvalue weighted by atomic mass is 10.0. The maximum atomic E-state index is 11.1. The van der Waals surface area contributed by atoms with Gasteiger partial charge in [-0.25, -0.2) is 4.79 Å². The molecule has 0 saturated carbocycles. The van der Waals surface area contributed by atoms with Gasteiger partial charge in [0.25, 0.3) is 0 Å². The number of rotatable bonds is 6. The van der Waals surface area contributed by atoms with E-state index in [9.17, 15) is 4.79 Å². The number of carboxylic acid groups (broad SMARTS) is 1. The van der Waals surface area contributed by atoms with Crippen LogP contribution in [0.25, 0.3) is 11.1 Å². The first-order valence-corrected chi connectivity index (χ1v) is 6.89. The van der Waals surface area contributed by atoms with Crippen molar-refractivity contribution < 1.29 is 19.4 Å². The van der Waals surface area contributed by atoms with Gasteiger partial charge in [0.1, 0.15) is 11.5 Å². The summed E-state index contributed by atoms with van der Waals surface area (Å²) in [7, 11) is 0. The van der Waals surface area contributed by atoms with Gasteiger partial charge in [0.2, 0.25) is 0 Å². The number of ether oxygens (including phenoxy) is 2. The molecule has 2 aromatic carbocycles. The van der Waals surface area contributed by atoms with Gasteiger partial charge in [-0.1, -0.05) is 18.2 Å². The Labute approximate surface area is 123 Å². The average Bonchev–Trinajstić information content (AvgIpc) is 2.48. The molecule has 0 aliphatic heterocycles. The number of aromatic carboxylic acids is 1. The molecule has 0 aliphatic carbocycles. The van der Waals surface area contributed by atoms with Crippen LogP contribution in [-0.2, 0) is 0 Å². The van der Waals surface area contributed by atoms with Crippen LogP contribution in [0.3, 0.4) is 0 Å². The minimum atomic E-state index is -0.972. The molecule has 0 heterocycles. The van der Waals surface area contributed by atoms with E-state index in [1.165, 1.54) is 0 Å². The second-order valence-electron chi connectivity index (χ2n) is 4.38. The van der Waals surface area contributed by atoms with Gasteiger partial charge in [0.05, 0.1) is 18.8 Å². The molecule has 0 amide bonds. The van der Waals surface area contributed by atoms with Crippen molar-refractivity contribution in [3.63, 3.8) is 0 Å². The van der Waals surface area contributed by atoms with Crippen LogP contribution in [0.1, 0.15) is 24.2 Å². The summed E-state index contributed by atoms with van der Waals surface area (Å²) in [5.41, 5.74) is 1.92. The molecule has 0 saturated heterocycles. The number of hydrogen-bond donors (Lipinski definition) is 1. The van der Waals surface area contributed by atoms with Crippen molar-refractivity contribution in [3.05, 3.63) is 48.0 Å². The molecule has 2 aromatic rings. The van der Waals surface area contributed by atoms with E-state index in [2.05, 4.69) is 0 Å². The molecule has 110 valence electrons. The first-order chi connectivity index (χ1) is 10.2. The Hall–Kier alpha value is -2.49. The molecule has 2 rings (SSSR count). The maximum absolute atomic E-state index is 11.1. The molecule has 0 aliphatic rings. The summed E-state index contributed by atoms with van der Waals surface area (Å²) in [6.45, 7) is 4.82. The van der Waals surface area contributed by atoms with E-state index in [0.29, 0.717) is 19.0 Å². The molecule has 1 N–H and O–H groups in total. The second-order valence-corrected chi connectivity index (χ2v) is 4.38. The number of carboxylic acids is 1. The van der Waals surface area contributed by atoms with E-state index in [4.69, 9.17) is 14.6 Å². The molecule has 4 nitrogen and oxygen atoms in total. The van der Waals surface area contributed by atoms with Crippen LogP contribution in [0, 0.1) is 0 Å². The van der Waals surface area contributed by atoms with Crippen molar-refractivity contribution >= 4 is 5.97 Å². The first kappa shape index (κ1) is 14.9. The van der Waals surface area contributed by atoms with Gasteiger partial charge in [-0.05, 0) is 38.1 Å². The fourth-order valence-corrected chi connectivity index (χ4v) is 2.12. The Morgan fingerprint density at radius 3 is 2.24 bits per heavy atom. The normalized spacial score (nSPS) is 10.2. The Morgan fingerprint density at radius 2 is 1.57 bits per heavy atom. The van der Waals surface area contributed by atoms with E-state index in [-0.39, 0.29) is 5.56 Å². The average molecular weight is 286 g/mol. The standard InChI is InChI=1S/C17H18O4/c1-3-20-15-8-6-5-7-13(15)14-10-9-12(17(18)19)11-16(14)21-4-2/h5-11H,3-4H2,1-2H3,(H,18,19). The summed E-state index contributed by atoms with van der Waals surface area (Å²) in [5, 5.41) is 9.10. The highest BCUT2D eigenvalue weighted by atomic mass is 16.5. The Morgan fingerprint density at radius 1 is 0.952 bits per heavy atom. The molecular formula is C17H18O4. The van der Waals surface area contributed by atoms with Gasteiger partial charge in [-0.2, -0.15) is 0 Å². The molecule has 4 heteroatoms. The number of benzene rings is 2. The monoisotopic (exact) mass is 286 g/mol. The minimum absolute atomic E-state index is 0.205. The minimum Gasteiger partial charge on any atom is -0.493 e. The highest BCUT2D eigenvalue weighted by Crippen LogP contribution is 2.37. The summed E-state index contributed by atoms with van der Waals surface area (Å²) in [6, 6.07) is 12.5. The molecule has 0 fully saturated rings. The third-order valence-corrected chi connectivity index (χ3v) is 3.01. The predicted octanol–water partition coefficient (Wildman–Crippen LogP) is 3.85. The Kier molecular flexibility index (Phi) is 4.82. The van der Waals surface area contributed by atoms with E-state index >= 15 is 0 Å². The van der Waals surface area contributed by atoms with Crippen LogP contribution in [0.15, 0.2) is 42.5 Å². The Balaban J connectivity index is 2.55. The zero-order valence-corrected chi connectivity index (χ0v) is 12.1. The van der Waals surface area contributed by atoms with Crippen LogP contribution in [0.5, 0.6) is 11.5 Å². The predicted molar refractivity (Wildman–Crippen MR) is 81.2 cm³/mol. The van der Waals surface area contributed by atoms with Crippen LogP contribution in [0.4, 0.5) is 0 Å². The fraction of sp³-hybridized carbons (Fsp3) is 0.235. The van der Waals surface area contributed by atoms with Crippen LogP contribution < -0.4 is 9.47 Å². The zero-order valence-electron chi connectivity index (χ0n) is 12.1. The first-order valence-electron chi connectivity index (χ1n) is 6.89. The van der Waals surface area contributed by atoms with Crippen LogP contribution in [-0.4, -0.2) is 24.3 Å². The summed E-state index contributed by atoms with van der Waals surface area (Å²) in [6.07, 6.45) is 0. The number of hydrogen-bond acceptors (Lipinski definition) is 3. The molecule has 0 radical (unpaired) electrons. The summed E-state index contributed by atoms with van der Waals surface area (Å²) in [4.78, 5) is 11.1. The smallest absolute Gasteiger partial charge is 0.335 e. The van der Waals surface area contributed by atoms with E-state index in [0.717, 1.165) is 16.9 Å². The lowest BCUT2D eigenvalue weighted by molar-refractivity contribution is 0.0696. The van der Waals surface area contributed by atoms with Crippen LogP contribution in [0.2, 0.25) is 0 Å². The lowest BCUT2D eigenvalue weighted by Gasteiger charge is -2.14. The van der Waals surface area contributed by atoms with Crippen molar-refractivity contribution in [2.24, 2.45) is 0 Å². The third-order valence-electron chi connectivity index (χ3n) is 3.01. The zero-order chi connectivity index (χ0) is 15.2. The lowest BCUT2D eigenvalue weighted by Crippen LogP contribution is -2.01. The highest BCUT2D eigenvalue weighted by molar-refractivity contribution is 5.90. The SMILES string of the molecule is CCOc1ccccc1-c1ccc(C(=O)O)cc1OCC. The molecular weight excluding hydrogens is 268 g/mol. The number of para-hydroxylation sites is 1. The van der Waals surface area contributed by atoms with Gasteiger partial charge < -0.3 is 14.6 Å². The van der Waals surface area contributed by atoms with E-state index < -0.39 is 5.97 Å². The molecule has 0 bridgehead atoms. The van der Waals surface area contributed by atoms with Crippen molar-refractivity contribution in [1.82, 2.24) is 0 Å². The fourth-order valence-electron chi connectivity index (χ4n) is 2.12. The summed E-state index contributed by atoms with van der Waals surface area (Å²) in [5.74, 6) is 0.328. The van der Waals surface area contributed by atoms with Crippen molar-refractivity contribution in [2.75, 3.05) is 13.2 Å². The topological polar surface area (TPSA) is 55.8 Å². The second kappa shape index (κ2) is 6.79.